The molecule has 0 radical (unpaired) electrons. The van der Waals surface area contributed by atoms with E-state index in [1.54, 1.807) is 0 Å². The molecule has 0 aromatic heterocycles. The van der Waals surface area contributed by atoms with E-state index in [-0.39, 0.29) is 16.3 Å². The van der Waals surface area contributed by atoms with Crippen molar-refractivity contribution in [3.05, 3.63) is 0 Å². The molecule has 0 aromatic carbocycles. The standard InChI is InChI=1S/C11H22Br2F2OSi/c1-10(2,3)17(4,5)16-7-6-9(12)8-11(13,14)15/h9H,6-8H2,1-5H3. The van der Waals surface area contributed by atoms with Gasteiger partial charge < -0.3 is 4.43 Å². The van der Waals surface area contributed by atoms with Crippen molar-refractivity contribution < 1.29 is 13.2 Å². The molecule has 0 fully saturated rings. The average Bonchev–Trinajstić information content (AvgIpc) is 1.97. The van der Waals surface area contributed by atoms with Gasteiger partial charge in [-0.25, -0.2) is 0 Å². The van der Waals surface area contributed by atoms with Crippen LogP contribution in [-0.2, 0) is 4.43 Å². The Morgan fingerprint density at radius 1 is 1.24 bits per heavy atom. The van der Waals surface area contributed by atoms with E-state index in [0.29, 0.717) is 13.0 Å². The predicted molar refractivity (Wildman–Crippen MR) is 79.0 cm³/mol. The zero-order valence-corrected chi connectivity index (χ0v) is 15.3. The van der Waals surface area contributed by atoms with Crippen molar-refractivity contribution in [2.45, 2.75) is 61.4 Å². The highest BCUT2D eigenvalue weighted by Gasteiger charge is 2.37. The number of rotatable bonds is 6. The fourth-order valence-corrected chi connectivity index (χ4v) is 3.49. The molecule has 0 saturated carbocycles. The Bertz CT molecular complexity index is 237. The monoisotopic (exact) mass is 394 g/mol. The lowest BCUT2D eigenvalue weighted by molar-refractivity contribution is 0.102. The van der Waals surface area contributed by atoms with Crippen LogP contribution in [0.3, 0.4) is 0 Å². The van der Waals surface area contributed by atoms with Gasteiger partial charge in [-0.15, -0.1) is 0 Å². The Morgan fingerprint density at radius 3 is 2.06 bits per heavy atom. The van der Waals surface area contributed by atoms with Gasteiger partial charge in [0.1, 0.15) is 0 Å². The summed E-state index contributed by atoms with van der Waals surface area (Å²) in [6, 6.07) is 0. The van der Waals surface area contributed by atoms with Crippen LogP contribution in [0.1, 0.15) is 33.6 Å². The minimum Gasteiger partial charge on any atom is -0.417 e. The van der Waals surface area contributed by atoms with Crippen LogP contribution < -0.4 is 0 Å². The van der Waals surface area contributed by atoms with E-state index in [1.807, 2.05) is 0 Å². The van der Waals surface area contributed by atoms with Gasteiger partial charge in [-0.3, -0.25) is 0 Å². The number of alkyl halides is 4. The van der Waals surface area contributed by atoms with Gasteiger partial charge in [0.05, 0.1) is 0 Å². The van der Waals surface area contributed by atoms with Crippen LogP contribution in [0.2, 0.25) is 18.1 Å². The summed E-state index contributed by atoms with van der Waals surface area (Å²) in [6.45, 7) is 11.4. The maximum Gasteiger partial charge on any atom is 0.302 e. The summed E-state index contributed by atoms with van der Waals surface area (Å²) < 4.78 is 31.3. The third-order valence-corrected chi connectivity index (χ3v) is 8.80. The molecule has 0 N–H and O–H groups in total. The minimum absolute atomic E-state index is 0.161. The van der Waals surface area contributed by atoms with Gasteiger partial charge in [-0.1, -0.05) is 36.7 Å². The van der Waals surface area contributed by atoms with E-state index in [0.717, 1.165) is 0 Å². The van der Waals surface area contributed by atoms with Crippen LogP contribution in [0.4, 0.5) is 8.78 Å². The van der Waals surface area contributed by atoms with E-state index in [1.165, 1.54) is 0 Å². The normalized spacial score (nSPS) is 16.1. The molecule has 0 amide bonds. The average molecular weight is 396 g/mol. The first-order valence-corrected chi connectivity index (χ1v) is 10.3. The molecule has 104 valence electrons. The van der Waals surface area contributed by atoms with Gasteiger partial charge in [0, 0.05) is 17.9 Å². The molecular formula is C11H22Br2F2OSi. The summed E-state index contributed by atoms with van der Waals surface area (Å²) in [6.07, 6.45) is 0.390. The Labute approximate surface area is 121 Å². The molecule has 0 aliphatic heterocycles. The summed E-state index contributed by atoms with van der Waals surface area (Å²) in [5, 5.41) is 0.161. The molecule has 0 saturated heterocycles. The summed E-state index contributed by atoms with van der Waals surface area (Å²) in [4.78, 5) is -3.01. The SMILES string of the molecule is CC(C)(C)[Si](C)(C)OCCC(Br)CC(F)(F)Br. The third kappa shape index (κ3) is 7.90. The zero-order valence-electron chi connectivity index (χ0n) is 11.1. The van der Waals surface area contributed by atoms with E-state index < -0.39 is 13.1 Å². The molecule has 0 aromatic rings. The fraction of sp³-hybridized carbons (Fsp3) is 1.00. The highest BCUT2D eigenvalue weighted by atomic mass is 79.9. The topological polar surface area (TPSA) is 9.23 Å². The van der Waals surface area contributed by atoms with Crippen molar-refractivity contribution in [3.8, 4) is 0 Å². The summed E-state index contributed by atoms with van der Waals surface area (Å²) >= 11 is 5.60. The van der Waals surface area contributed by atoms with Crippen molar-refractivity contribution in [1.82, 2.24) is 0 Å². The second-order valence-electron chi connectivity index (χ2n) is 5.81. The van der Waals surface area contributed by atoms with Gasteiger partial charge in [0.25, 0.3) is 0 Å². The van der Waals surface area contributed by atoms with Crippen LogP contribution >= 0.6 is 31.9 Å². The molecule has 0 bridgehead atoms. The smallest absolute Gasteiger partial charge is 0.302 e. The van der Waals surface area contributed by atoms with Gasteiger partial charge in [-0.05, 0) is 40.5 Å². The highest BCUT2D eigenvalue weighted by molar-refractivity contribution is 9.10. The van der Waals surface area contributed by atoms with Crippen LogP contribution in [0.15, 0.2) is 0 Å². The van der Waals surface area contributed by atoms with Crippen molar-refractivity contribution in [2.24, 2.45) is 0 Å². The van der Waals surface area contributed by atoms with Crippen molar-refractivity contribution in [2.75, 3.05) is 6.61 Å². The molecule has 1 nitrogen and oxygen atoms in total. The van der Waals surface area contributed by atoms with Gasteiger partial charge in [0.2, 0.25) is 0 Å². The van der Waals surface area contributed by atoms with E-state index in [9.17, 15) is 8.78 Å². The quantitative estimate of drug-likeness (QED) is 0.423. The van der Waals surface area contributed by atoms with Crippen LogP contribution in [0.25, 0.3) is 0 Å². The minimum atomic E-state index is -2.79. The number of hydrogen-bond donors (Lipinski definition) is 0. The van der Waals surface area contributed by atoms with Gasteiger partial charge in [-0.2, -0.15) is 8.78 Å². The fourth-order valence-electron chi connectivity index (χ4n) is 1.01. The van der Waals surface area contributed by atoms with Crippen molar-refractivity contribution in [1.29, 1.82) is 0 Å². The van der Waals surface area contributed by atoms with Crippen LogP contribution in [0.5, 0.6) is 0 Å². The van der Waals surface area contributed by atoms with Gasteiger partial charge in [0.15, 0.2) is 8.32 Å². The second-order valence-corrected chi connectivity index (χ2v) is 13.1. The lowest BCUT2D eigenvalue weighted by Gasteiger charge is -2.36. The molecule has 0 aliphatic rings. The molecule has 0 heterocycles. The molecule has 0 rings (SSSR count). The first-order chi connectivity index (χ1) is 7.35. The maximum atomic E-state index is 12.7. The molecule has 17 heavy (non-hydrogen) atoms. The first-order valence-electron chi connectivity index (χ1n) is 5.70. The van der Waals surface area contributed by atoms with Crippen LogP contribution in [0, 0.1) is 0 Å². The van der Waals surface area contributed by atoms with E-state index in [2.05, 4.69) is 65.7 Å². The highest BCUT2D eigenvalue weighted by Crippen LogP contribution is 2.37. The Balaban J connectivity index is 4.00. The summed E-state index contributed by atoms with van der Waals surface area (Å²) in [5.41, 5.74) is 0. The van der Waals surface area contributed by atoms with E-state index >= 15 is 0 Å². The van der Waals surface area contributed by atoms with E-state index in [4.69, 9.17) is 4.43 Å². The number of hydrogen-bond acceptors (Lipinski definition) is 1. The zero-order chi connectivity index (χ0) is 13.9. The first kappa shape index (κ1) is 18.0. The van der Waals surface area contributed by atoms with Gasteiger partial charge >= 0.3 is 4.83 Å². The predicted octanol–water partition coefficient (Wildman–Crippen LogP) is 5.54. The molecule has 0 aliphatic carbocycles. The van der Waals surface area contributed by atoms with Crippen molar-refractivity contribution in [3.63, 3.8) is 0 Å². The third-order valence-electron chi connectivity index (χ3n) is 3.15. The van der Waals surface area contributed by atoms with Crippen LogP contribution in [-0.4, -0.2) is 24.6 Å². The number of halogens is 4. The lowest BCUT2D eigenvalue weighted by Crippen LogP contribution is -2.41. The lowest BCUT2D eigenvalue weighted by atomic mass is 10.2. The Morgan fingerprint density at radius 2 is 1.71 bits per heavy atom. The summed E-state index contributed by atoms with van der Waals surface area (Å²) in [5.74, 6) is 0. The Kier molecular flexibility index (Phi) is 6.81. The largest absolute Gasteiger partial charge is 0.417 e. The Hall–Kier alpha value is 0.997. The maximum absolute atomic E-state index is 12.7. The molecule has 1 atom stereocenters. The second kappa shape index (κ2) is 6.44. The molecule has 6 heteroatoms. The molecule has 1 unspecified atom stereocenters. The van der Waals surface area contributed by atoms with Crippen molar-refractivity contribution >= 4 is 40.2 Å². The molecule has 0 spiro atoms. The summed E-state index contributed by atoms with van der Waals surface area (Å²) in [7, 11) is -1.75. The molecular weight excluding hydrogens is 374 g/mol.